The predicted octanol–water partition coefficient (Wildman–Crippen LogP) is 7.90. The Morgan fingerprint density at radius 1 is 0.789 bits per heavy atom. The fraction of sp³-hybridized carbons (Fsp3) is 0.586. The number of carbonyl (C=O) groups excluding carboxylic acids is 1. The molecule has 2 atom stereocenters. The summed E-state index contributed by atoms with van der Waals surface area (Å²) in [6.45, 7) is 6.99. The van der Waals surface area contributed by atoms with Gasteiger partial charge < -0.3 is 15.3 Å². The van der Waals surface area contributed by atoms with Crippen molar-refractivity contribution in [2.45, 2.75) is 97.3 Å². The lowest BCUT2D eigenvalue weighted by Gasteiger charge is -2.01. The van der Waals surface area contributed by atoms with Crippen molar-refractivity contribution in [3.8, 4) is 0 Å². The second-order valence-electron chi connectivity index (χ2n) is 8.38. The number of thioether (sulfide) groups is 1. The Balaban J connectivity index is -0.000000564. The molecule has 0 amide bonds. The molecule has 218 valence electrons. The average molecular weight is 575 g/mol. The number of carboxylic acid groups (broad SMARTS) is 3. The summed E-state index contributed by atoms with van der Waals surface area (Å²) in [6.07, 6.45) is 25.2. The second-order valence-corrected chi connectivity index (χ2v) is 10.2. The van der Waals surface area contributed by atoms with E-state index in [1.165, 1.54) is 19.8 Å². The number of unbranched alkanes of at least 4 members (excludes halogenated alkanes) is 5. The lowest BCUT2D eigenvalue weighted by molar-refractivity contribution is -0.140. The van der Waals surface area contributed by atoms with E-state index in [1.54, 1.807) is 6.92 Å². The summed E-state index contributed by atoms with van der Waals surface area (Å²) >= 11 is 6.53. The molecule has 0 bridgehead atoms. The number of carbonyl (C=O) groups is 4. The molecule has 0 aliphatic heterocycles. The van der Waals surface area contributed by atoms with Gasteiger partial charge >= 0.3 is 17.9 Å². The van der Waals surface area contributed by atoms with Gasteiger partial charge in [0.2, 0.25) is 0 Å². The Labute approximate surface area is 238 Å². The van der Waals surface area contributed by atoms with Crippen LogP contribution < -0.4 is 0 Å². The van der Waals surface area contributed by atoms with Crippen LogP contribution >= 0.6 is 23.4 Å². The lowest BCUT2D eigenvalue weighted by Crippen LogP contribution is -2.12. The van der Waals surface area contributed by atoms with E-state index in [4.69, 9.17) is 26.9 Å². The Morgan fingerprint density at radius 2 is 1.32 bits per heavy atom. The maximum atomic E-state index is 10.3. The third-order valence-electron chi connectivity index (χ3n) is 4.62. The molecule has 2 unspecified atom stereocenters. The van der Waals surface area contributed by atoms with E-state index < -0.39 is 23.8 Å². The van der Waals surface area contributed by atoms with E-state index in [-0.39, 0.29) is 16.9 Å². The molecule has 0 saturated carbocycles. The van der Waals surface area contributed by atoms with Crippen LogP contribution in [-0.2, 0) is 19.2 Å². The fourth-order valence-corrected chi connectivity index (χ4v) is 3.12. The highest BCUT2D eigenvalue weighted by Gasteiger charge is 2.11. The number of halogens is 1. The molecule has 0 aromatic rings. The minimum absolute atomic E-state index is 0.0342. The molecule has 0 aromatic carbocycles. The molecule has 3 N–H and O–H groups in total. The van der Waals surface area contributed by atoms with Crippen LogP contribution in [0, 0.1) is 5.92 Å². The summed E-state index contributed by atoms with van der Waals surface area (Å²) in [4.78, 5) is 40.7. The Bertz CT molecular complexity index is 745. The normalized spacial score (nSPS) is 12.7. The molecular weight excluding hydrogens is 528 g/mol. The first-order valence-electron chi connectivity index (χ1n) is 13.1. The second kappa shape index (κ2) is 30.9. The van der Waals surface area contributed by atoms with E-state index in [0.29, 0.717) is 18.6 Å². The highest BCUT2D eigenvalue weighted by molar-refractivity contribution is 8.13. The maximum Gasteiger partial charge on any atom is 0.307 e. The third kappa shape index (κ3) is 40.8. The Kier molecular flexibility index (Phi) is 32.7. The van der Waals surface area contributed by atoms with E-state index in [9.17, 15) is 19.2 Å². The zero-order valence-corrected chi connectivity index (χ0v) is 24.9. The van der Waals surface area contributed by atoms with Gasteiger partial charge in [-0.05, 0) is 32.1 Å². The van der Waals surface area contributed by atoms with Crippen molar-refractivity contribution < 1.29 is 34.5 Å². The van der Waals surface area contributed by atoms with E-state index in [2.05, 4.69) is 31.2 Å². The van der Waals surface area contributed by atoms with E-state index in [0.717, 1.165) is 43.9 Å². The summed E-state index contributed by atoms with van der Waals surface area (Å²) in [5.41, 5.74) is 0. The Hall–Kier alpha value is -2.32. The Morgan fingerprint density at radius 3 is 1.76 bits per heavy atom. The van der Waals surface area contributed by atoms with Crippen molar-refractivity contribution in [3.05, 3.63) is 48.6 Å². The summed E-state index contributed by atoms with van der Waals surface area (Å²) in [7, 11) is 0. The minimum atomic E-state index is -0.853. The van der Waals surface area contributed by atoms with Gasteiger partial charge in [-0.1, -0.05) is 100 Å². The number of allylic oxidation sites excluding steroid dienone is 8. The van der Waals surface area contributed by atoms with Gasteiger partial charge in [-0.15, -0.1) is 11.6 Å². The minimum Gasteiger partial charge on any atom is -0.481 e. The van der Waals surface area contributed by atoms with Crippen LogP contribution in [0.4, 0.5) is 0 Å². The average Bonchev–Trinajstić information content (AvgIpc) is 2.85. The van der Waals surface area contributed by atoms with Crippen LogP contribution in [0.5, 0.6) is 0 Å². The lowest BCUT2D eigenvalue weighted by atomic mass is 10.1. The van der Waals surface area contributed by atoms with Crippen LogP contribution in [0.25, 0.3) is 0 Å². The molecule has 0 spiro atoms. The van der Waals surface area contributed by atoms with Crippen LogP contribution in [0.3, 0.4) is 0 Å². The van der Waals surface area contributed by atoms with Gasteiger partial charge in [0.15, 0.2) is 5.12 Å². The standard InChI is InChI=1S/C18H28O2.C6H10O3S.C5H9ClO2/c1-2-3-4-5-6-7-8-9-10-11-12-13-14-15-16-17-18(19)20;1-4(6(8)9)3-10-5(2)7;1-2-4(6)3-5(7)8/h3-10H,2,11-17H2,1H3,(H,19,20);4H,3H2,1-2H3,(H,8,9);4H,2-3H2,1H3,(H,7,8)/b4-3?,6-5?,8-7?,10-9-;;. The first-order valence-corrected chi connectivity index (χ1v) is 14.5. The van der Waals surface area contributed by atoms with Gasteiger partial charge in [-0.25, -0.2) is 0 Å². The van der Waals surface area contributed by atoms with Gasteiger partial charge in [0, 0.05) is 24.5 Å². The molecule has 9 heteroatoms. The van der Waals surface area contributed by atoms with Crippen molar-refractivity contribution in [3.63, 3.8) is 0 Å². The van der Waals surface area contributed by atoms with Crippen LogP contribution in [0.15, 0.2) is 48.6 Å². The number of hydrogen-bond donors (Lipinski definition) is 3. The first kappa shape index (κ1) is 40.2. The predicted molar refractivity (Wildman–Crippen MR) is 159 cm³/mol. The smallest absolute Gasteiger partial charge is 0.307 e. The molecule has 0 aromatic heterocycles. The van der Waals surface area contributed by atoms with Crippen LogP contribution in [-0.4, -0.2) is 49.5 Å². The molecule has 0 fully saturated rings. The molecule has 38 heavy (non-hydrogen) atoms. The highest BCUT2D eigenvalue weighted by Crippen LogP contribution is 2.09. The molecule has 0 rings (SSSR count). The van der Waals surface area contributed by atoms with Crippen molar-refractivity contribution in [1.82, 2.24) is 0 Å². The van der Waals surface area contributed by atoms with Crippen molar-refractivity contribution in [1.29, 1.82) is 0 Å². The maximum absolute atomic E-state index is 10.3. The number of carboxylic acids is 3. The van der Waals surface area contributed by atoms with Crippen molar-refractivity contribution in [2.75, 3.05) is 5.75 Å². The van der Waals surface area contributed by atoms with E-state index >= 15 is 0 Å². The zero-order valence-electron chi connectivity index (χ0n) is 23.3. The number of hydrogen-bond acceptors (Lipinski definition) is 5. The van der Waals surface area contributed by atoms with Gasteiger partial charge in [-0.2, -0.15) is 0 Å². The first-order chi connectivity index (χ1) is 18.0. The molecular formula is C29H47ClO7S. The number of aliphatic carboxylic acids is 3. The largest absolute Gasteiger partial charge is 0.481 e. The molecule has 0 heterocycles. The summed E-state index contributed by atoms with van der Waals surface area (Å²) < 4.78 is 0. The summed E-state index contributed by atoms with van der Waals surface area (Å²) in [5, 5.41) is 24.8. The third-order valence-corrected chi connectivity index (χ3v) is 6.16. The van der Waals surface area contributed by atoms with Crippen LogP contribution in [0.1, 0.15) is 91.9 Å². The zero-order chi connectivity index (χ0) is 29.6. The number of alkyl halides is 1. The molecule has 0 radical (unpaired) electrons. The summed E-state index contributed by atoms with van der Waals surface area (Å²) in [6, 6.07) is 0. The van der Waals surface area contributed by atoms with Crippen LogP contribution in [0.2, 0.25) is 0 Å². The number of rotatable bonds is 18. The van der Waals surface area contributed by atoms with Crippen molar-refractivity contribution >= 4 is 46.4 Å². The molecule has 0 saturated heterocycles. The topological polar surface area (TPSA) is 129 Å². The fourth-order valence-electron chi connectivity index (χ4n) is 2.36. The molecule has 0 aliphatic rings. The van der Waals surface area contributed by atoms with Crippen molar-refractivity contribution in [2.24, 2.45) is 5.92 Å². The monoisotopic (exact) mass is 574 g/mol. The van der Waals surface area contributed by atoms with Gasteiger partial charge in [0.25, 0.3) is 0 Å². The molecule has 7 nitrogen and oxygen atoms in total. The van der Waals surface area contributed by atoms with Gasteiger partial charge in [0.05, 0.1) is 12.3 Å². The quantitative estimate of drug-likeness (QED) is 0.0855. The van der Waals surface area contributed by atoms with Gasteiger partial charge in [0.1, 0.15) is 0 Å². The van der Waals surface area contributed by atoms with Gasteiger partial charge in [-0.3, -0.25) is 19.2 Å². The SMILES string of the molecule is CC(=O)SCC(C)C(=O)O.CCC(Cl)CC(=O)O.CCC=CC=CC=C/C=C\CCCCCCCC(=O)O. The van der Waals surface area contributed by atoms with E-state index in [1.807, 2.05) is 31.2 Å². The highest BCUT2D eigenvalue weighted by atomic mass is 35.5. The molecule has 0 aliphatic carbocycles. The summed E-state index contributed by atoms with van der Waals surface area (Å²) in [5.74, 6) is -2.43.